The van der Waals surface area contributed by atoms with E-state index in [1.807, 2.05) is 38.1 Å². The summed E-state index contributed by atoms with van der Waals surface area (Å²) in [6.07, 6.45) is 4.20. The Morgan fingerprint density at radius 3 is 1.48 bits per heavy atom. The van der Waals surface area contributed by atoms with Crippen LogP contribution in [-0.4, -0.2) is 93.3 Å². The summed E-state index contributed by atoms with van der Waals surface area (Å²) in [7, 11) is 0. The van der Waals surface area contributed by atoms with Crippen LogP contribution in [0.5, 0.6) is 0 Å². The van der Waals surface area contributed by atoms with Gasteiger partial charge in [-0.2, -0.15) is 0 Å². The van der Waals surface area contributed by atoms with Gasteiger partial charge in [0.1, 0.15) is 11.6 Å². The van der Waals surface area contributed by atoms with Gasteiger partial charge in [0, 0.05) is 62.6 Å². The highest BCUT2D eigenvalue weighted by Gasteiger charge is 2.23. The first-order chi connectivity index (χ1) is 31.5. The molecular weight excluding hydrogens is 861 g/mol. The Morgan fingerprint density at radius 2 is 1.09 bits per heavy atom. The molecule has 2 aromatic heterocycles. The van der Waals surface area contributed by atoms with E-state index >= 15 is 0 Å². The fourth-order valence-corrected chi connectivity index (χ4v) is 6.00. The molecule has 0 fully saturated rings. The number of aliphatic carboxylic acids is 1. The van der Waals surface area contributed by atoms with Crippen molar-refractivity contribution in [2.45, 2.75) is 71.4 Å². The Labute approximate surface area is 380 Å². The number of hydrogen-bond acceptors (Lipinski definition) is 15. The number of benzene rings is 2. The summed E-state index contributed by atoms with van der Waals surface area (Å²) < 4.78 is 4.94. The maximum Gasteiger partial charge on any atom is 0.308 e. The second-order valence-corrected chi connectivity index (χ2v) is 14.6. The molecule has 4 aromatic rings. The summed E-state index contributed by atoms with van der Waals surface area (Å²) in [5.41, 5.74) is 2.44. The van der Waals surface area contributed by atoms with E-state index < -0.39 is 52.1 Å². The summed E-state index contributed by atoms with van der Waals surface area (Å²) in [5.74, 6) is -2.05. The summed E-state index contributed by atoms with van der Waals surface area (Å²) in [6, 6.07) is 16.8. The third-order valence-electron chi connectivity index (χ3n) is 9.19. The number of nitro benzene ring substituents is 2. The van der Waals surface area contributed by atoms with Crippen molar-refractivity contribution in [3.63, 3.8) is 0 Å². The van der Waals surface area contributed by atoms with Crippen molar-refractivity contribution in [1.82, 2.24) is 31.2 Å². The van der Waals surface area contributed by atoms with E-state index in [0.29, 0.717) is 31.5 Å². The average molecular weight is 915 g/mol. The second kappa shape index (κ2) is 27.9. The van der Waals surface area contributed by atoms with Crippen molar-refractivity contribution in [1.29, 1.82) is 0 Å². The van der Waals surface area contributed by atoms with Gasteiger partial charge in [-0.05, 0) is 80.1 Å². The first-order valence-electron chi connectivity index (χ1n) is 20.8. The lowest BCUT2D eigenvalue weighted by molar-refractivity contribution is -0.385. The number of ether oxygens (including phenoxy) is 1. The van der Waals surface area contributed by atoms with Crippen LogP contribution in [0.1, 0.15) is 79.8 Å². The smallest absolute Gasteiger partial charge is 0.308 e. The van der Waals surface area contributed by atoms with E-state index in [4.69, 9.17) is 9.84 Å². The zero-order valence-electron chi connectivity index (χ0n) is 36.7. The number of nitro groups is 2. The van der Waals surface area contributed by atoms with Crippen LogP contribution < -0.4 is 31.9 Å². The van der Waals surface area contributed by atoms with Crippen LogP contribution in [-0.2, 0) is 33.5 Å². The molecule has 0 aliphatic rings. The number of anilines is 2. The van der Waals surface area contributed by atoms with Gasteiger partial charge in [-0.15, -0.1) is 0 Å². The minimum atomic E-state index is -1.18. The van der Waals surface area contributed by atoms with Crippen LogP contribution in [0.4, 0.5) is 23.0 Å². The number of carbonyl (C=O) groups excluding carboxylic acids is 5. The number of amides is 4. The van der Waals surface area contributed by atoms with Crippen molar-refractivity contribution >= 4 is 58.6 Å². The molecule has 0 aliphatic heterocycles. The number of esters is 1. The molecule has 0 saturated carbocycles. The van der Waals surface area contributed by atoms with Crippen molar-refractivity contribution in [3.05, 3.63) is 128 Å². The molecule has 2 heterocycles. The number of carboxylic acids is 1. The van der Waals surface area contributed by atoms with Crippen LogP contribution in [0.25, 0.3) is 0 Å². The number of carboxylic acid groups (broad SMARTS) is 1. The number of pyridine rings is 2. The molecule has 7 N–H and O–H groups in total. The Bertz CT molecular complexity index is 2310. The molecule has 352 valence electrons. The normalized spacial score (nSPS) is 11.3. The molecule has 66 heavy (non-hydrogen) atoms. The van der Waals surface area contributed by atoms with Gasteiger partial charge < -0.3 is 41.7 Å². The minimum absolute atomic E-state index is 0.164. The van der Waals surface area contributed by atoms with E-state index in [1.54, 1.807) is 25.4 Å². The Kier molecular flexibility index (Phi) is 22.1. The molecule has 2 aromatic carbocycles. The van der Waals surface area contributed by atoms with Gasteiger partial charge >= 0.3 is 11.9 Å². The lowest BCUT2D eigenvalue weighted by Crippen LogP contribution is -2.39. The van der Waals surface area contributed by atoms with Crippen molar-refractivity contribution < 1.29 is 48.5 Å². The van der Waals surface area contributed by atoms with Crippen LogP contribution in [0, 0.1) is 34.1 Å². The highest BCUT2D eigenvalue weighted by molar-refractivity contribution is 5.86. The van der Waals surface area contributed by atoms with E-state index in [9.17, 15) is 49.0 Å². The van der Waals surface area contributed by atoms with Gasteiger partial charge in [-0.3, -0.25) is 49.0 Å². The van der Waals surface area contributed by atoms with Gasteiger partial charge in [-0.25, -0.2) is 9.97 Å². The molecule has 0 spiro atoms. The highest BCUT2D eigenvalue weighted by atomic mass is 16.6. The van der Waals surface area contributed by atoms with Gasteiger partial charge in [0.05, 0.1) is 54.5 Å². The zero-order valence-corrected chi connectivity index (χ0v) is 36.7. The average Bonchev–Trinajstić information content (AvgIpc) is 3.27. The van der Waals surface area contributed by atoms with Gasteiger partial charge in [0.2, 0.25) is 23.6 Å². The van der Waals surface area contributed by atoms with E-state index in [0.717, 1.165) is 22.8 Å². The summed E-state index contributed by atoms with van der Waals surface area (Å²) >= 11 is 0. The largest absolute Gasteiger partial charge is 0.481 e. The fourth-order valence-electron chi connectivity index (χ4n) is 6.00. The van der Waals surface area contributed by atoms with E-state index in [1.165, 1.54) is 42.5 Å². The third kappa shape index (κ3) is 20.4. The fraction of sp³-hybridized carbons (Fsp3) is 0.364. The van der Waals surface area contributed by atoms with Gasteiger partial charge in [0.15, 0.2) is 0 Å². The number of carbonyl (C=O) groups is 6. The number of aryl methyl sites for hydroxylation is 2. The molecule has 0 aliphatic carbocycles. The zero-order chi connectivity index (χ0) is 48.4. The van der Waals surface area contributed by atoms with Crippen molar-refractivity contribution in [2.75, 3.05) is 43.4 Å². The summed E-state index contributed by atoms with van der Waals surface area (Å²) in [4.78, 5) is 101. The predicted octanol–water partition coefficient (Wildman–Crippen LogP) is 4.36. The molecule has 4 amide bonds. The summed E-state index contributed by atoms with van der Waals surface area (Å²) in [6.45, 7) is 6.18. The lowest BCUT2D eigenvalue weighted by Gasteiger charge is -2.18. The SMILES string of the molecule is CCOC(=O)C[C@@H](NC(=O)CNC(=O)CCCNc1cc(C)ccn1)c1cccc([N+](=O)[O-])c1.Cc1ccnc(NCCCC(=O)NCC(=O)N[C@H](CC(=O)O)c2cccc([N+](=O)[O-])c2)c1. The quantitative estimate of drug-likeness (QED) is 0.0210. The number of nitrogens with one attached hydrogen (secondary N) is 6. The lowest BCUT2D eigenvalue weighted by atomic mass is 10.0. The number of non-ortho nitro benzene ring substituents is 2. The van der Waals surface area contributed by atoms with Gasteiger partial charge in [0.25, 0.3) is 11.4 Å². The first kappa shape index (κ1) is 52.3. The monoisotopic (exact) mass is 914 g/mol. The molecule has 22 nitrogen and oxygen atoms in total. The second-order valence-electron chi connectivity index (χ2n) is 14.6. The first-order valence-corrected chi connectivity index (χ1v) is 20.8. The number of hydrogen-bond donors (Lipinski definition) is 7. The Hall–Kier alpha value is -8.04. The van der Waals surface area contributed by atoms with E-state index in [2.05, 4.69) is 41.9 Å². The van der Waals surface area contributed by atoms with Crippen LogP contribution >= 0.6 is 0 Å². The predicted molar refractivity (Wildman–Crippen MR) is 241 cm³/mol. The number of nitrogens with zero attached hydrogens (tertiary/aromatic N) is 4. The number of aromatic nitrogens is 2. The molecule has 2 atom stereocenters. The standard InChI is InChI=1S/C23H29N5O6.C21H25N5O6/c1-3-34-23(31)14-19(17-6-4-7-18(13-17)28(32)33)27-22(30)15-26-21(29)8-5-10-24-20-12-16(2)9-11-25-20;1-14-7-9-23-18(10-14)22-8-3-6-19(27)24-13-20(28)25-17(12-21(29)30)15-4-2-5-16(11-15)26(31)32/h4,6-7,9,11-13,19H,3,5,8,10,14-15H2,1-2H3,(H,24,25)(H,26,29)(H,27,30);2,4-5,7,9-11,17H,3,6,8,12-13H2,1H3,(H,22,23)(H,24,27)(H,25,28)(H,29,30)/t19-;17-/m11/s1. The van der Waals surface area contributed by atoms with Crippen molar-refractivity contribution in [2.24, 2.45) is 0 Å². The summed E-state index contributed by atoms with van der Waals surface area (Å²) in [5, 5.41) is 47.5. The molecule has 4 rings (SSSR count). The molecule has 0 bridgehead atoms. The number of rotatable bonds is 25. The van der Waals surface area contributed by atoms with Crippen LogP contribution in [0.2, 0.25) is 0 Å². The maximum atomic E-state index is 12.4. The molecule has 22 heteroatoms. The van der Waals surface area contributed by atoms with Crippen molar-refractivity contribution in [3.8, 4) is 0 Å². The Morgan fingerprint density at radius 1 is 0.652 bits per heavy atom. The molecule has 0 saturated heterocycles. The van der Waals surface area contributed by atoms with Crippen LogP contribution in [0.3, 0.4) is 0 Å². The maximum absolute atomic E-state index is 12.4. The highest BCUT2D eigenvalue weighted by Crippen LogP contribution is 2.23. The topological polar surface area (TPSA) is 316 Å². The molecule has 0 radical (unpaired) electrons. The Balaban J connectivity index is 0.000000351. The van der Waals surface area contributed by atoms with Gasteiger partial charge in [-0.1, -0.05) is 24.3 Å². The third-order valence-corrected chi connectivity index (χ3v) is 9.19. The molecular formula is C44H54N10O12. The van der Waals surface area contributed by atoms with Crippen LogP contribution in [0.15, 0.2) is 85.2 Å². The molecule has 0 unspecified atom stereocenters. The minimum Gasteiger partial charge on any atom is -0.481 e. The van der Waals surface area contributed by atoms with E-state index in [-0.39, 0.29) is 67.7 Å².